The van der Waals surface area contributed by atoms with Gasteiger partial charge in [-0.2, -0.15) is 0 Å². The topological polar surface area (TPSA) is 51.2 Å². The maximum absolute atomic E-state index is 12.0. The van der Waals surface area contributed by atoms with Crippen molar-refractivity contribution < 1.29 is 9.53 Å². The van der Waals surface area contributed by atoms with E-state index in [9.17, 15) is 4.79 Å². The van der Waals surface area contributed by atoms with Crippen molar-refractivity contribution in [2.75, 3.05) is 11.9 Å². The zero-order valence-electron chi connectivity index (χ0n) is 14.6. The monoisotopic (exact) mass is 362 g/mol. The van der Waals surface area contributed by atoms with E-state index in [2.05, 4.69) is 52.8 Å². The molecule has 0 aliphatic rings. The van der Waals surface area contributed by atoms with E-state index in [1.54, 1.807) is 6.92 Å². The normalized spacial score (nSPS) is 11.0. The molecular weight excluding hydrogens is 344 g/mol. The van der Waals surface area contributed by atoms with E-state index < -0.39 is 0 Å². The number of aromatic nitrogens is 1. The van der Waals surface area contributed by atoms with Gasteiger partial charge in [0.1, 0.15) is 4.88 Å². The number of carbonyl (C=O) groups excluding carboxylic acids is 1. The van der Waals surface area contributed by atoms with Gasteiger partial charge in [0.2, 0.25) is 0 Å². The lowest BCUT2D eigenvalue weighted by molar-refractivity contribution is 0.0531. The standard InChI is InChI=1S/C21H18N2O2S/c1-3-25-20(24)19-13(2)22-21(26-19)23-18-9-8-16-10-14-6-4-5-7-15(14)11-17(16)12-18/h4-12H,3H2,1-2H3,(H,22,23). The number of hydrogen-bond acceptors (Lipinski definition) is 5. The van der Waals surface area contributed by atoms with Crippen LogP contribution in [0.1, 0.15) is 22.3 Å². The van der Waals surface area contributed by atoms with Gasteiger partial charge < -0.3 is 10.1 Å². The van der Waals surface area contributed by atoms with E-state index in [0.29, 0.717) is 22.3 Å². The van der Waals surface area contributed by atoms with Crippen molar-refractivity contribution in [3.63, 3.8) is 0 Å². The lowest BCUT2D eigenvalue weighted by Gasteiger charge is -2.06. The Kier molecular flexibility index (Phi) is 4.31. The highest BCUT2D eigenvalue weighted by molar-refractivity contribution is 7.17. The van der Waals surface area contributed by atoms with Gasteiger partial charge in [0.25, 0.3) is 0 Å². The molecule has 1 N–H and O–H groups in total. The summed E-state index contributed by atoms with van der Waals surface area (Å²) in [5.74, 6) is -0.319. The van der Waals surface area contributed by atoms with Crippen molar-refractivity contribution in [1.82, 2.24) is 4.98 Å². The van der Waals surface area contributed by atoms with E-state index >= 15 is 0 Å². The van der Waals surface area contributed by atoms with Crippen molar-refractivity contribution >= 4 is 49.7 Å². The van der Waals surface area contributed by atoms with E-state index in [-0.39, 0.29) is 5.97 Å². The van der Waals surface area contributed by atoms with Crippen molar-refractivity contribution in [1.29, 1.82) is 0 Å². The molecule has 0 fully saturated rings. The Balaban J connectivity index is 1.66. The molecule has 4 nitrogen and oxygen atoms in total. The number of hydrogen-bond donors (Lipinski definition) is 1. The van der Waals surface area contributed by atoms with E-state index in [4.69, 9.17) is 4.74 Å². The minimum Gasteiger partial charge on any atom is -0.462 e. The van der Waals surface area contributed by atoms with Crippen LogP contribution in [0.25, 0.3) is 21.5 Å². The summed E-state index contributed by atoms with van der Waals surface area (Å²) in [6, 6.07) is 18.9. The number of rotatable bonds is 4. The van der Waals surface area contributed by atoms with Crippen LogP contribution in [0.4, 0.5) is 10.8 Å². The smallest absolute Gasteiger partial charge is 0.350 e. The first kappa shape index (κ1) is 16.5. The molecule has 5 heteroatoms. The molecule has 130 valence electrons. The van der Waals surface area contributed by atoms with Crippen molar-refractivity contribution in [2.45, 2.75) is 13.8 Å². The van der Waals surface area contributed by atoms with Crippen LogP contribution >= 0.6 is 11.3 Å². The number of nitrogens with one attached hydrogen (secondary N) is 1. The number of ether oxygens (including phenoxy) is 1. The molecule has 0 unspecified atom stereocenters. The molecule has 0 saturated carbocycles. The zero-order chi connectivity index (χ0) is 18.1. The predicted molar refractivity (Wildman–Crippen MR) is 108 cm³/mol. The number of carbonyl (C=O) groups is 1. The summed E-state index contributed by atoms with van der Waals surface area (Å²) in [5, 5.41) is 8.79. The van der Waals surface area contributed by atoms with Gasteiger partial charge in [-0.15, -0.1) is 0 Å². The second kappa shape index (κ2) is 6.77. The highest BCUT2D eigenvalue weighted by atomic mass is 32.1. The minimum absolute atomic E-state index is 0.319. The first-order valence-corrected chi connectivity index (χ1v) is 9.30. The fourth-order valence-electron chi connectivity index (χ4n) is 2.98. The molecule has 0 amide bonds. The second-order valence-corrected chi connectivity index (χ2v) is 7.04. The molecule has 0 aliphatic carbocycles. The van der Waals surface area contributed by atoms with Crippen LogP contribution in [0, 0.1) is 6.92 Å². The lowest BCUT2D eigenvalue weighted by atomic mass is 10.0. The van der Waals surface area contributed by atoms with Gasteiger partial charge in [-0.25, -0.2) is 9.78 Å². The fourth-order valence-corrected chi connectivity index (χ4v) is 3.86. The molecule has 4 rings (SSSR count). The molecule has 0 radical (unpaired) electrons. The number of benzene rings is 3. The third kappa shape index (κ3) is 3.13. The summed E-state index contributed by atoms with van der Waals surface area (Å²) < 4.78 is 5.07. The van der Waals surface area contributed by atoms with Crippen LogP contribution in [0.15, 0.2) is 54.6 Å². The molecule has 0 aliphatic heterocycles. The van der Waals surface area contributed by atoms with Gasteiger partial charge in [0.05, 0.1) is 12.3 Å². The Morgan fingerprint density at radius 3 is 2.46 bits per heavy atom. The number of fused-ring (bicyclic) bond motifs is 2. The molecule has 4 aromatic rings. The van der Waals surface area contributed by atoms with E-state index in [0.717, 1.165) is 11.1 Å². The van der Waals surface area contributed by atoms with Crippen LogP contribution in [0.5, 0.6) is 0 Å². The fraction of sp³-hybridized carbons (Fsp3) is 0.143. The highest BCUT2D eigenvalue weighted by Crippen LogP contribution is 2.29. The molecule has 0 saturated heterocycles. The second-order valence-electron chi connectivity index (χ2n) is 6.04. The summed E-state index contributed by atoms with van der Waals surface area (Å²) in [6.07, 6.45) is 0. The molecule has 1 aromatic heterocycles. The van der Waals surface area contributed by atoms with Crippen molar-refractivity contribution in [2.24, 2.45) is 0 Å². The largest absolute Gasteiger partial charge is 0.462 e. The van der Waals surface area contributed by atoms with E-state index in [1.165, 1.54) is 27.5 Å². The Morgan fingerprint density at radius 2 is 1.73 bits per heavy atom. The quantitative estimate of drug-likeness (QED) is 0.375. The van der Waals surface area contributed by atoms with Crippen molar-refractivity contribution in [3.05, 3.63) is 65.2 Å². The van der Waals surface area contributed by atoms with Gasteiger partial charge in [-0.3, -0.25) is 0 Å². The Labute approximate surface area is 155 Å². The Bertz CT molecular complexity index is 1120. The average molecular weight is 362 g/mol. The average Bonchev–Trinajstić information content (AvgIpc) is 3.00. The molecule has 0 bridgehead atoms. The number of esters is 1. The summed E-state index contributed by atoms with van der Waals surface area (Å²) >= 11 is 1.31. The highest BCUT2D eigenvalue weighted by Gasteiger charge is 2.16. The Morgan fingerprint density at radius 1 is 1.04 bits per heavy atom. The maximum atomic E-state index is 12.0. The van der Waals surface area contributed by atoms with Gasteiger partial charge in [0, 0.05) is 5.69 Å². The Hall–Kier alpha value is -2.92. The zero-order valence-corrected chi connectivity index (χ0v) is 15.4. The molecule has 0 spiro atoms. The van der Waals surface area contributed by atoms with Crippen LogP contribution in [0.3, 0.4) is 0 Å². The SMILES string of the molecule is CCOC(=O)c1sc(Nc2ccc3cc4ccccc4cc3c2)nc1C. The minimum atomic E-state index is -0.319. The van der Waals surface area contributed by atoms with Gasteiger partial charge >= 0.3 is 5.97 Å². The first-order valence-electron chi connectivity index (χ1n) is 8.48. The number of anilines is 2. The summed E-state index contributed by atoms with van der Waals surface area (Å²) in [6.45, 7) is 3.98. The predicted octanol–water partition coefficient (Wildman–Crippen LogP) is 5.68. The third-order valence-corrected chi connectivity index (χ3v) is 5.27. The summed E-state index contributed by atoms with van der Waals surface area (Å²) in [4.78, 5) is 16.9. The van der Waals surface area contributed by atoms with E-state index in [1.807, 2.05) is 19.1 Å². The van der Waals surface area contributed by atoms with Crippen molar-refractivity contribution in [3.8, 4) is 0 Å². The van der Waals surface area contributed by atoms with Gasteiger partial charge in [-0.1, -0.05) is 41.7 Å². The summed E-state index contributed by atoms with van der Waals surface area (Å²) in [7, 11) is 0. The molecule has 1 heterocycles. The number of thiazole rings is 1. The van der Waals surface area contributed by atoms with Crippen LogP contribution in [0.2, 0.25) is 0 Å². The van der Waals surface area contributed by atoms with Gasteiger partial charge in [-0.05, 0) is 59.7 Å². The molecular formula is C21H18N2O2S. The number of aryl methyl sites for hydroxylation is 1. The van der Waals surface area contributed by atoms with Crippen LogP contribution in [-0.2, 0) is 4.74 Å². The molecule has 3 aromatic carbocycles. The lowest BCUT2D eigenvalue weighted by Crippen LogP contribution is -2.03. The molecule has 0 atom stereocenters. The van der Waals surface area contributed by atoms with Crippen LogP contribution in [-0.4, -0.2) is 17.6 Å². The first-order chi connectivity index (χ1) is 12.6. The van der Waals surface area contributed by atoms with Gasteiger partial charge in [0.15, 0.2) is 5.13 Å². The molecule has 26 heavy (non-hydrogen) atoms. The third-order valence-electron chi connectivity index (χ3n) is 4.21. The number of nitrogens with zero attached hydrogens (tertiary/aromatic N) is 1. The summed E-state index contributed by atoms with van der Waals surface area (Å²) in [5.41, 5.74) is 1.62. The van der Waals surface area contributed by atoms with Crippen LogP contribution < -0.4 is 5.32 Å². The maximum Gasteiger partial charge on any atom is 0.350 e.